The third kappa shape index (κ3) is 3.20. The molecule has 1 amide bonds. The molecule has 2 N–H and O–H groups in total. The zero-order valence-electron chi connectivity index (χ0n) is 10.5. The number of H-pyrrole nitrogens is 1. The van der Waals surface area contributed by atoms with Crippen LogP contribution in [0.1, 0.15) is 40.1 Å². The summed E-state index contributed by atoms with van der Waals surface area (Å²) >= 11 is 0. The van der Waals surface area contributed by atoms with Gasteiger partial charge in [0.1, 0.15) is 5.69 Å². The number of carbonyl (C=O) groups is 2. The molecule has 1 aromatic rings. The molecule has 1 saturated carbocycles. The van der Waals surface area contributed by atoms with Gasteiger partial charge in [-0.15, -0.1) is 0 Å². The van der Waals surface area contributed by atoms with Crippen molar-refractivity contribution in [2.75, 3.05) is 20.3 Å². The van der Waals surface area contributed by atoms with E-state index in [4.69, 9.17) is 4.74 Å². The fourth-order valence-electron chi connectivity index (χ4n) is 1.76. The van der Waals surface area contributed by atoms with Crippen molar-refractivity contribution in [3.05, 3.63) is 23.5 Å². The number of amides is 1. The lowest BCUT2D eigenvalue weighted by Crippen LogP contribution is -2.25. The van der Waals surface area contributed by atoms with Crippen molar-refractivity contribution in [1.29, 1.82) is 0 Å². The van der Waals surface area contributed by atoms with E-state index in [-0.39, 0.29) is 17.6 Å². The first kappa shape index (κ1) is 12.8. The second-order valence-corrected chi connectivity index (χ2v) is 4.54. The van der Waals surface area contributed by atoms with Gasteiger partial charge in [0.2, 0.25) is 0 Å². The summed E-state index contributed by atoms with van der Waals surface area (Å²) in [7, 11) is 1.63. The quantitative estimate of drug-likeness (QED) is 0.567. The van der Waals surface area contributed by atoms with E-state index < -0.39 is 0 Å². The predicted octanol–water partition coefficient (Wildman–Crippen LogP) is 1.37. The number of aromatic nitrogens is 1. The monoisotopic (exact) mass is 250 g/mol. The Kier molecular flexibility index (Phi) is 4.15. The van der Waals surface area contributed by atoms with Crippen LogP contribution in [-0.4, -0.2) is 36.9 Å². The summed E-state index contributed by atoms with van der Waals surface area (Å²) in [6.07, 6.45) is 4.34. The molecule has 0 spiro atoms. The highest BCUT2D eigenvalue weighted by Crippen LogP contribution is 2.32. The lowest BCUT2D eigenvalue weighted by atomic mass is 10.1. The number of carbonyl (C=O) groups excluding carboxylic acids is 2. The Morgan fingerprint density at radius 3 is 2.94 bits per heavy atom. The minimum atomic E-state index is -0.180. The molecule has 0 unspecified atom stereocenters. The molecule has 1 aliphatic carbocycles. The van der Waals surface area contributed by atoms with E-state index in [1.807, 2.05) is 0 Å². The fourth-order valence-corrected chi connectivity index (χ4v) is 1.76. The molecule has 18 heavy (non-hydrogen) atoms. The normalized spacial score (nSPS) is 14.5. The van der Waals surface area contributed by atoms with Gasteiger partial charge in [0.15, 0.2) is 5.78 Å². The van der Waals surface area contributed by atoms with E-state index in [1.165, 1.54) is 0 Å². The summed E-state index contributed by atoms with van der Waals surface area (Å²) in [4.78, 5) is 26.4. The van der Waals surface area contributed by atoms with Gasteiger partial charge in [-0.2, -0.15) is 0 Å². The molecule has 1 aromatic heterocycles. The summed E-state index contributed by atoms with van der Waals surface area (Å²) in [6.45, 7) is 1.19. The highest BCUT2D eigenvalue weighted by molar-refractivity contribution is 6.02. The van der Waals surface area contributed by atoms with Crippen molar-refractivity contribution in [2.45, 2.75) is 19.3 Å². The van der Waals surface area contributed by atoms with Gasteiger partial charge >= 0.3 is 0 Å². The highest BCUT2D eigenvalue weighted by atomic mass is 16.5. The van der Waals surface area contributed by atoms with Gasteiger partial charge in [-0.1, -0.05) is 0 Å². The van der Waals surface area contributed by atoms with Crippen LogP contribution in [0.2, 0.25) is 0 Å². The number of Topliss-reactive ketones (excluding diaryl/α,β-unsaturated/α-hetero) is 1. The van der Waals surface area contributed by atoms with E-state index in [0.29, 0.717) is 24.4 Å². The molecule has 98 valence electrons. The molecule has 2 rings (SSSR count). The number of ether oxygens (including phenoxy) is 1. The number of hydrogen-bond donors (Lipinski definition) is 2. The van der Waals surface area contributed by atoms with E-state index in [0.717, 1.165) is 19.3 Å². The van der Waals surface area contributed by atoms with Gasteiger partial charge in [-0.25, -0.2) is 0 Å². The topological polar surface area (TPSA) is 71.2 Å². The van der Waals surface area contributed by atoms with Gasteiger partial charge < -0.3 is 15.0 Å². The number of rotatable bonds is 7. The standard InChI is InChI=1S/C13H18N2O3/c1-18-6-2-5-14-13(17)11-7-10(8-15-11)12(16)9-3-4-9/h7-9,15H,2-6H2,1H3,(H,14,17). The molecule has 0 aliphatic heterocycles. The Labute approximate surface area is 106 Å². The maximum atomic E-state index is 11.8. The van der Waals surface area contributed by atoms with Crippen LogP contribution < -0.4 is 5.32 Å². The molecule has 5 heteroatoms. The second-order valence-electron chi connectivity index (χ2n) is 4.54. The van der Waals surface area contributed by atoms with E-state index in [1.54, 1.807) is 19.4 Å². The van der Waals surface area contributed by atoms with Crippen LogP contribution in [-0.2, 0) is 4.74 Å². The van der Waals surface area contributed by atoms with Gasteiger partial charge in [0.05, 0.1) is 0 Å². The Hall–Kier alpha value is -1.62. The Balaban J connectivity index is 1.84. The summed E-state index contributed by atoms with van der Waals surface area (Å²) < 4.78 is 4.89. The first-order chi connectivity index (χ1) is 8.72. The molecule has 5 nitrogen and oxygen atoms in total. The molecule has 0 radical (unpaired) electrons. The van der Waals surface area contributed by atoms with Gasteiger partial charge in [-0.3, -0.25) is 9.59 Å². The number of aromatic amines is 1. The minimum absolute atomic E-state index is 0.143. The van der Waals surface area contributed by atoms with E-state index in [9.17, 15) is 9.59 Å². The minimum Gasteiger partial charge on any atom is -0.385 e. The van der Waals surface area contributed by atoms with Crippen molar-refractivity contribution >= 4 is 11.7 Å². The van der Waals surface area contributed by atoms with Crippen molar-refractivity contribution in [2.24, 2.45) is 5.92 Å². The number of ketones is 1. The smallest absolute Gasteiger partial charge is 0.267 e. The number of methoxy groups -OCH3 is 1. The molecule has 1 heterocycles. The zero-order valence-corrected chi connectivity index (χ0v) is 10.5. The SMILES string of the molecule is COCCCNC(=O)c1cc(C(=O)C2CC2)c[nH]1. The molecule has 1 fully saturated rings. The molecular weight excluding hydrogens is 232 g/mol. The van der Waals surface area contributed by atoms with Crippen LogP contribution in [0.15, 0.2) is 12.3 Å². The number of nitrogens with one attached hydrogen (secondary N) is 2. The summed E-state index contributed by atoms with van der Waals surface area (Å²) in [5, 5.41) is 2.77. The predicted molar refractivity (Wildman–Crippen MR) is 66.7 cm³/mol. The molecule has 1 aliphatic rings. The summed E-state index contributed by atoms with van der Waals surface area (Å²) in [5.41, 5.74) is 1.05. The van der Waals surface area contributed by atoms with Crippen molar-refractivity contribution < 1.29 is 14.3 Å². The van der Waals surface area contributed by atoms with Crippen LogP contribution in [0.3, 0.4) is 0 Å². The first-order valence-corrected chi connectivity index (χ1v) is 6.22. The van der Waals surface area contributed by atoms with Crippen molar-refractivity contribution in [3.8, 4) is 0 Å². The Morgan fingerprint density at radius 1 is 1.50 bits per heavy atom. The molecular formula is C13H18N2O3. The average molecular weight is 250 g/mol. The molecule has 0 bridgehead atoms. The van der Waals surface area contributed by atoms with Crippen LogP contribution in [0.25, 0.3) is 0 Å². The average Bonchev–Trinajstić information content (AvgIpc) is 3.10. The van der Waals surface area contributed by atoms with E-state index >= 15 is 0 Å². The van der Waals surface area contributed by atoms with Crippen LogP contribution in [0.4, 0.5) is 0 Å². The molecule has 0 atom stereocenters. The molecule has 0 saturated heterocycles. The van der Waals surface area contributed by atoms with Crippen molar-refractivity contribution in [3.63, 3.8) is 0 Å². The van der Waals surface area contributed by atoms with Crippen LogP contribution in [0, 0.1) is 5.92 Å². The van der Waals surface area contributed by atoms with Gasteiger partial charge in [-0.05, 0) is 25.3 Å². The summed E-state index contributed by atoms with van der Waals surface area (Å²) in [5.74, 6) is 0.143. The van der Waals surface area contributed by atoms with Gasteiger partial charge in [0.25, 0.3) is 5.91 Å². The first-order valence-electron chi connectivity index (χ1n) is 6.22. The Bertz CT molecular complexity index is 435. The van der Waals surface area contributed by atoms with Crippen molar-refractivity contribution in [1.82, 2.24) is 10.3 Å². The van der Waals surface area contributed by atoms with E-state index in [2.05, 4.69) is 10.3 Å². The van der Waals surface area contributed by atoms with Gasteiger partial charge in [0, 0.05) is 37.9 Å². The lowest BCUT2D eigenvalue weighted by Gasteiger charge is -2.02. The van der Waals surface area contributed by atoms with Crippen LogP contribution in [0.5, 0.6) is 0 Å². The zero-order chi connectivity index (χ0) is 13.0. The third-order valence-electron chi connectivity index (χ3n) is 2.97. The fraction of sp³-hybridized carbons (Fsp3) is 0.538. The second kappa shape index (κ2) is 5.82. The maximum absolute atomic E-state index is 11.8. The summed E-state index contributed by atoms with van der Waals surface area (Å²) in [6, 6.07) is 1.63. The Morgan fingerprint density at radius 2 is 2.28 bits per heavy atom. The number of hydrogen-bond acceptors (Lipinski definition) is 3. The highest BCUT2D eigenvalue weighted by Gasteiger charge is 2.31. The lowest BCUT2D eigenvalue weighted by molar-refractivity contribution is 0.0943. The molecule has 0 aromatic carbocycles. The van der Waals surface area contributed by atoms with Crippen LogP contribution >= 0.6 is 0 Å². The largest absolute Gasteiger partial charge is 0.385 e. The third-order valence-corrected chi connectivity index (χ3v) is 2.97. The maximum Gasteiger partial charge on any atom is 0.267 e.